The molecule has 1 aromatic carbocycles. The fraction of sp³-hybridized carbons (Fsp3) is 0.684. The average Bonchev–Trinajstić information content (AvgIpc) is 2.56. The normalized spacial score (nSPS) is 11.9. The number of unbranched alkanes of at least 4 members (excludes halogenated alkanes) is 9. The molecule has 5 nitrogen and oxygen atoms in total. The first kappa shape index (κ1) is 27.1. The summed E-state index contributed by atoms with van der Waals surface area (Å²) in [5, 5.41) is 0. The van der Waals surface area contributed by atoms with Crippen LogP contribution in [0.25, 0.3) is 0 Å². The number of hydrogen-bond donors (Lipinski definition) is 0. The molecule has 0 aliphatic heterocycles. The SMILES string of the molecule is CCCCCCCCCCCCS(=O)(=O)OS(=O)(=O)c1ccc(C)cc1.[H-].[Na+]. The van der Waals surface area contributed by atoms with Crippen molar-refractivity contribution in [3.05, 3.63) is 29.8 Å². The van der Waals surface area contributed by atoms with Gasteiger partial charge in [0, 0.05) is 0 Å². The molecule has 0 saturated carbocycles. The fourth-order valence-corrected chi connectivity index (χ4v) is 5.39. The summed E-state index contributed by atoms with van der Waals surface area (Å²) in [6.45, 7) is 4.02. The van der Waals surface area contributed by atoms with Crippen LogP contribution in [0.1, 0.15) is 78.1 Å². The molecule has 0 atom stereocenters. The van der Waals surface area contributed by atoms with E-state index in [0.717, 1.165) is 24.8 Å². The van der Waals surface area contributed by atoms with E-state index >= 15 is 0 Å². The quantitative estimate of drug-likeness (QED) is 0.335. The van der Waals surface area contributed by atoms with Gasteiger partial charge < -0.3 is 1.43 Å². The summed E-state index contributed by atoms with van der Waals surface area (Å²) in [6, 6.07) is 5.90. The Morgan fingerprint density at radius 2 is 1.22 bits per heavy atom. The third kappa shape index (κ3) is 12.3. The number of benzene rings is 1. The first-order valence-electron chi connectivity index (χ1n) is 9.52. The van der Waals surface area contributed by atoms with E-state index in [4.69, 9.17) is 0 Å². The largest absolute Gasteiger partial charge is 1.00 e. The van der Waals surface area contributed by atoms with Crippen LogP contribution in [0.3, 0.4) is 0 Å². The summed E-state index contributed by atoms with van der Waals surface area (Å²) in [5.74, 6) is -0.269. The molecule has 0 aromatic heterocycles. The second-order valence-corrected chi connectivity index (χ2v) is 10.2. The van der Waals surface area contributed by atoms with Crippen molar-refractivity contribution < 1.29 is 51.4 Å². The molecule has 0 amide bonds. The smallest absolute Gasteiger partial charge is 1.00 e. The Labute approximate surface area is 189 Å². The van der Waals surface area contributed by atoms with Crippen LogP contribution in [0, 0.1) is 6.92 Å². The molecule has 0 saturated heterocycles. The monoisotopic (exact) mass is 428 g/mol. The van der Waals surface area contributed by atoms with Crippen LogP contribution in [-0.4, -0.2) is 22.6 Å². The van der Waals surface area contributed by atoms with E-state index in [2.05, 4.69) is 10.6 Å². The average molecular weight is 429 g/mol. The van der Waals surface area contributed by atoms with Crippen LogP contribution < -0.4 is 29.6 Å². The van der Waals surface area contributed by atoms with Gasteiger partial charge in [0.1, 0.15) is 0 Å². The van der Waals surface area contributed by atoms with E-state index in [-0.39, 0.29) is 41.6 Å². The molecule has 0 radical (unpaired) electrons. The Balaban J connectivity index is 0. The molecule has 0 aliphatic rings. The van der Waals surface area contributed by atoms with Crippen LogP contribution in [0.4, 0.5) is 0 Å². The summed E-state index contributed by atoms with van der Waals surface area (Å²) in [7, 11) is -8.38. The van der Waals surface area contributed by atoms with Gasteiger partial charge in [-0.15, -0.1) is 3.63 Å². The van der Waals surface area contributed by atoms with Crippen LogP contribution in [0.2, 0.25) is 0 Å². The minimum absolute atomic E-state index is 0. The second-order valence-electron chi connectivity index (χ2n) is 6.78. The molecule has 8 heteroatoms. The van der Waals surface area contributed by atoms with Gasteiger partial charge in [0.2, 0.25) is 0 Å². The Bertz CT molecular complexity index is 719. The maximum absolute atomic E-state index is 12.0. The molecule has 0 heterocycles. The Kier molecular flexibility index (Phi) is 14.2. The van der Waals surface area contributed by atoms with Crippen molar-refractivity contribution in [1.29, 1.82) is 0 Å². The minimum Gasteiger partial charge on any atom is -1.00 e. The fourth-order valence-electron chi connectivity index (χ4n) is 2.68. The molecule has 0 aliphatic carbocycles. The van der Waals surface area contributed by atoms with E-state index in [9.17, 15) is 16.8 Å². The van der Waals surface area contributed by atoms with Crippen molar-refractivity contribution in [2.24, 2.45) is 0 Å². The maximum atomic E-state index is 12.0. The topological polar surface area (TPSA) is 77.5 Å². The molecular weight excluding hydrogens is 395 g/mol. The number of rotatable bonds is 14. The van der Waals surface area contributed by atoms with Gasteiger partial charge in [-0.3, -0.25) is 0 Å². The zero-order valence-electron chi connectivity index (χ0n) is 17.9. The summed E-state index contributed by atoms with van der Waals surface area (Å²) < 4.78 is 52.4. The Morgan fingerprint density at radius 1 is 0.778 bits per heavy atom. The predicted molar refractivity (Wildman–Crippen MR) is 106 cm³/mol. The molecule has 1 aromatic rings. The summed E-state index contributed by atoms with van der Waals surface area (Å²) in [4.78, 5) is -0.144. The van der Waals surface area contributed by atoms with E-state index in [1.165, 1.54) is 50.7 Å². The van der Waals surface area contributed by atoms with Gasteiger partial charge in [-0.05, 0) is 25.5 Å². The van der Waals surface area contributed by atoms with Gasteiger partial charge in [0.05, 0.1) is 10.6 Å². The zero-order chi connectivity index (χ0) is 19.5. The van der Waals surface area contributed by atoms with Gasteiger partial charge >= 0.3 is 39.7 Å². The molecule has 0 unspecified atom stereocenters. The predicted octanol–water partition coefficient (Wildman–Crippen LogP) is 2.07. The standard InChI is InChI=1S/C19H32O5S2.Na.H/c1-3-4-5-6-7-8-9-10-11-12-17-25(20,21)24-26(22,23)19-15-13-18(2)14-16-19;;/h13-16H,3-12,17H2,1-2H3;;/q;+1;-1. The zero-order valence-corrected chi connectivity index (χ0v) is 20.6. The minimum atomic E-state index is -4.29. The van der Waals surface area contributed by atoms with Crippen molar-refractivity contribution in [2.75, 3.05) is 5.75 Å². The molecule has 0 spiro atoms. The van der Waals surface area contributed by atoms with Gasteiger partial charge in [-0.2, -0.15) is 16.8 Å². The van der Waals surface area contributed by atoms with Gasteiger partial charge in [0.15, 0.2) is 0 Å². The summed E-state index contributed by atoms with van der Waals surface area (Å²) >= 11 is 0. The molecule has 1 rings (SSSR count). The van der Waals surface area contributed by atoms with E-state index in [0.29, 0.717) is 6.42 Å². The van der Waals surface area contributed by atoms with Crippen LogP contribution in [-0.2, 0) is 23.9 Å². The maximum Gasteiger partial charge on any atom is 1.00 e. The summed E-state index contributed by atoms with van der Waals surface area (Å²) in [6.07, 6.45) is 10.8. The van der Waals surface area contributed by atoms with Crippen molar-refractivity contribution >= 4 is 20.2 Å². The molecule has 27 heavy (non-hydrogen) atoms. The van der Waals surface area contributed by atoms with Crippen LogP contribution in [0.5, 0.6) is 0 Å². The number of hydrogen-bond acceptors (Lipinski definition) is 5. The van der Waals surface area contributed by atoms with Crippen LogP contribution in [0.15, 0.2) is 29.2 Å². The third-order valence-electron chi connectivity index (χ3n) is 4.25. The molecule has 0 fully saturated rings. The van der Waals surface area contributed by atoms with E-state index in [1.807, 2.05) is 6.92 Å². The van der Waals surface area contributed by atoms with Crippen molar-refractivity contribution in [3.63, 3.8) is 0 Å². The first-order valence-corrected chi connectivity index (χ1v) is 12.5. The number of aryl methyl sites for hydroxylation is 1. The van der Waals surface area contributed by atoms with Gasteiger partial charge in [-0.1, -0.05) is 82.4 Å². The van der Waals surface area contributed by atoms with Crippen molar-refractivity contribution in [3.8, 4) is 0 Å². The first-order chi connectivity index (χ1) is 12.3. The van der Waals surface area contributed by atoms with Crippen molar-refractivity contribution in [1.82, 2.24) is 0 Å². The third-order valence-corrected chi connectivity index (χ3v) is 7.43. The van der Waals surface area contributed by atoms with Crippen LogP contribution >= 0.6 is 0 Å². The van der Waals surface area contributed by atoms with E-state index in [1.54, 1.807) is 12.1 Å². The second kappa shape index (κ2) is 14.1. The van der Waals surface area contributed by atoms with Gasteiger partial charge in [0.25, 0.3) is 10.1 Å². The Hall–Kier alpha value is 0.0800. The summed E-state index contributed by atoms with van der Waals surface area (Å²) in [5.41, 5.74) is 0.886. The van der Waals surface area contributed by atoms with E-state index < -0.39 is 20.2 Å². The Morgan fingerprint density at radius 3 is 1.70 bits per heavy atom. The van der Waals surface area contributed by atoms with Crippen molar-refractivity contribution in [2.45, 2.75) is 83.0 Å². The van der Waals surface area contributed by atoms with Gasteiger partial charge in [-0.25, -0.2) is 0 Å². The molecule has 0 N–H and O–H groups in total. The molecule has 152 valence electrons. The molecular formula is C19H33NaO5S2. The molecule has 0 bridgehead atoms.